The zero-order valence-corrected chi connectivity index (χ0v) is 17.5. The molecule has 3 fully saturated rings. The minimum absolute atomic E-state index is 0.102. The van der Waals surface area contributed by atoms with Crippen LogP contribution in [0.5, 0.6) is 0 Å². The molecule has 4 rings (SSSR count). The van der Waals surface area contributed by atoms with Crippen LogP contribution in [0.15, 0.2) is 24.3 Å². The molecule has 1 saturated heterocycles. The zero-order valence-electron chi connectivity index (χ0n) is 17.5. The molecule has 30 heavy (non-hydrogen) atoms. The second kappa shape index (κ2) is 9.14. The van der Waals surface area contributed by atoms with Gasteiger partial charge in [-0.1, -0.05) is 12.1 Å². The number of hydrogen-bond acceptors (Lipinski definition) is 5. The predicted molar refractivity (Wildman–Crippen MR) is 114 cm³/mol. The number of nitrogens with one attached hydrogen (secondary N) is 3. The number of hydrogen-bond donors (Lipinski definition) is 3. The lowest BCUT2D eigenvalue weighted by molar-refractivity contribution is -0.127. The maximum atomic E-state index is 12.6. The van der Waals surface area contributed by atoms with E-state index in [1.807, 2.05) is 13.0 Å². The van der Waals surface area contributed by atoms with Gasteiger partial charge in [0.25, 0.3) is 5.91 Å². The maximum Gasteiger partial charge on any atom is 0.253 e. The second-order valence-corrected chi connectivity index (χ2v) is 8.61. The van der Waals surface area contributed by atoms with Crippen LogP contribution < -0.4 is 16.0 Å². The molecule has 1 aromatic rings. The van der Waals surface area contributed by atoms with Crippen LogP contribution in [-0.2, 0) is 9.59 Å². The fraction of sp³-hybridized carbons (Fsp3) is 0.591. The number of benzene rings is 1. The number of carbonyl (C=O) groups excluding carboxylic acids is 3. The summed E-state index contributed by atoms with van der Waals surface area (Å²) >= 11 is 0. The third-order valence-corrected chi connectivity index (χ3v) is 5.98. The molecule has 1 atom stereocenters. The summed E-state index contributed by atoms with van der Waals surface area (Å²) in [5.74, 6) is -0.167. The van der Waals surface area contributed by atoms with Crippen molar-refractivity contribution in [3.63, 3.8) is 0 Å². The summed E-state index contributed by atoms with van der Waals surface area (Å²) < 4.78 is 0. The van der Waals surface area contributed by atoms with Crippen LogP contribution in [0.3, 0.4) is 0 Å². The number of anilines is 1. The first-order valence-corrected chi connectivity index (χ1v) is 11.0. The molecule has 0 spiro atoms. The number of nitrogens with zero attached hydrogens (tertiary/aromatic N) is 2. The molecule has 0 bridgehead atoms. The summed E-state index contributed by atoms with van der Waals surface area (Å²) in [6, 6.07) is 7.62. The van der Waals surface area contributed by atoms with Crippen molar-refractivity contribution in [1.29, 1.82) is 0 Å². The van der Waals surface area contributed by atoms with Gasteiger partial charge in [0, 0.05) is 38.3 Å². The van der Waals surface area contributed by atoms with Gasteiger partial charge in [0.05, 0.1) is 23.8 Å². The Labute approximate surface area is 177 Å². The summed E-state index contributed by atoms with van der Waals surface area (Å²) in [6.45, 7) is 5.20. The van der Waals surface area contributed by atoms with E-state index in [4.69, 9.17) is 0 Å². The van der Waals surface area contributed by atoms with E-state index in [0.717, 1.165) is 51.9 Å². The van der Waals surface area contributed by atoms with Crippen molar-refractivity contribution in [2.75, 3.05) is 38.0 Å². The van der Waals surface area contributed by atoms with E-state index in [0.29, 0.717) is 17.3 Å². The normalized spacial score (nSPS) is 21.0. The number of rotatable bonds is 8. The molecule has 1 aliphatic heterocycles. The zero-order chi connectivity index (χ0) is 21.1. The van der Waals surface area contributed by atoms with Crippen molar-refractivity contribution < 1.29 is 14.4 Å². The Hall–Kier alpha value is -2.45. The summed E-state index contributed by atoms with van der Waals surface area (Å²) in [7, 11) is 0. The molecule has 3 amide bonds. The lowest BCUT2D eigenvalue weighted by Crippen LogP contribution is -2.55. The average Bonchev–Trinajstić information content (AvgIpc) is 3.65. The van der Waals surface area contributed by atoms with Crippen molar-refractivity contribution in [3.05, 3.63) is 29.8 Å². The van der Waals surface area contributed by atoms with E-state index < -0.39 is 0 Å². The van der Waals surface area contributed by atoms with Crippen LogP contribution in [0.1, 0.15) is 43.0 Å². The van der Waals surface area contributed by atoms with Gasteiger partial charge < -0.3 is 16.0 Å². The first kappa shape index (κ1) is 20.8. The Bertz CT molecular complexity index is 798. The first-order valence-electron chi connectivity index (χ1n) is 11.0. The Morgan fingerprint density at radius 2 is 1.60 bits per heavy atom. The monoisotopic (exact) mass is 413 g/mol. The van der Waals surface area contributed by atoms with Crippen molar-refractivity contribution in [1.82, 2.24) is 20.4 Å². The van der Waals surface area contributed by atoms with E-state index >= 15 is 0 Å². The molecule has 2 aliphatic carbocycles. The molecule has 162 valence electrons. The van der Waals surface area contributed by atoms with Gasteiger partial charge in [-0.05, 0) is 44.7 Å². The maximum absolute atomic E-state index is 12.6. The van der Waals surface area contributed by atoms with Crippen LogP contribution in [-0.4, -0.2) is 78.4 Å². The molecular weight excluding hydrogens is 382 g/mol. The van der Waals surface area contributed by atoms with Gasteiger partial charge in [-0.3, -0.25) is 24.2 Å². The summed E-state index contributed by atoms with van der Waals surface area (Å²) in [6.07, 6.45) is 4.22. The van der Waals surface area contributed by atoms with Crippen LogP contribution >= 0.6 is 0 Å². The molecule has 0 aromatic heterocycles. The fourth-order valence-corrected chi connectivity index (χ4v) is 3.70. The SMILES string of the molecule is CC(C(=O)NC1CC1)N1CCN(CC(=O)Nc2ccccc2C(=O)NC2CC2)CC1. The van der Waals surface area contributed by atoms with E-state index in [9.17, 15) is 14.4 Å². The van der Waals surface area contributed by atoms with Crippen LogP contribution in [0.25, 0.3) is 0 Å². The van der Waals surface area contributed by atoms with E-state index in [2.05, 4.69) is 25.8 Å². The molecule has 2 saturated carbocycles. The van der Waals surface area contributed by atoms with Gasteiger partial charge in [-0.25, -0.2) is 0 Å². The van der Waals surface area contributed by atoms with Gasteiger partial charge in [0.2, 0.25) is 11.8 Å². The third-order valence-electron chi connectivity index (χ3n) is 5.98. The van der Waals surface area contributed by atoms with Crippen LogP contribution in [0.4, 0.5) is 5.69 Å². The Morgan fingerprint density at radius 3 is 2.27 bits per heavy atom. The number of piperazine rings is 1. The highest BCUT2D eigenvalue weighted by Crippen LogP contribution is 2.22. The number of amides is 3. The van der Waals surface area contributed by atoms with Crippen LogP contribution in [0, 0.1) is 0 Å². The molecule has 8 heteroatoms. The molecule has 3 N–H and O–H groups in total. The predicted octanol–water partition coefficient (Wildman–Crippen LogP) is 0.802. The number of para-hydroxylation sites is 1. The van der Waals surface area contributed by atoms with E-state index in [1.165, 1.54) is 0 Å². The summed E-state index contributed by atoms with van der Waals surface area (Å²) in [5.41, 5.74) is 1.04. The standard InChI is InChI=1S/C22H31N5O3/c1-15(21(29)23-16-6-7-16)27-12-10-26(11-13-27)14-20(28)25-19-5-3-2-4-18(19)22(30)24-17-8-9-17/h2-5,15-17H,6-14H2,1H3,(H,23,29)(H,24,30)(H,25,28). The van der Waals surface area contributed by atoms with Crippen molar-refractivity contribution in [2.24, 2.45) is 0 Å². The Kier molecular flexibility index (Phi) is 6.34. The highest BCUT2D eigenvalue weighted by atomic mass is 16.2. The van der Waals surface area contributed by atoms with Crippen LogP contribution in [0.2, 0.25) is 0 Å². The van der Waals surface area contributed by atoms with Gasteiger partial charge >= 0.3 is 0 Å². The average molecular weight is 414 g/mol. The van der Waals surface area contributed by atoms with Crippen molar-refractivity contribution in [3.8, 4) is 0 Å². The molecular formula is C22H31N5O3. The largest absolute Gasteiger partial charge is 0.352 e. The lowest BCUT2D eigenvalue weighted by atomic mass is 10.1. The fourth-order valence-electron chi connectivity index (χ4n) is 3.70. The van der Waals surface area contributed by atoms with Gasteiger partial charge in [0.15, 0.2) is 0 Å². The van der Waals surface area contributed by atoms with Crippen molar-refractivity contribution >= 4 is 23.4 Å². The second-order valence-electron chi connectivity index (χ2n) is 8.61. The quantitative estimate of drug-likeness (QED) is 0.586. The van der Waals surface area contributed by atoms with Gasteiger partial charge in [0.1, 0.15) is 0 Å². The molecule has 0 radical (unpaired) electrons. The van der Waals surface area contributed by atoms with Crippen molar-refractivity contribution in [2.45, 2.75) is 50.7 Å². The van der Waals surface area contributed by atoms with Gasteiger partial charge in [-0.2, -0.15) is 0 Å². The molecule has 3 aliphatic rings. The molecule has 8 nitrogen and oxygen atoms in total. The first-order chi connectivity index (χ1) is 14.5. The molecule has 1 aromatic carbocycles. The minimum atomic E-state index is -0.140. The Balaban J connectivity index is 1.24. The Morgan fingerprint density at radius 1 is 0.967 bits per heavy atom. The lowest BCUT2D eigenvalue weighted by Gasteiger charge is -2.37. The third kappa shape index (κ3) is 5.58. The molecule has 1 unspecified atom stereocenters. The highest BCUT2D eigenvalue weighted by Gasteiger charge is 2.30. The molecule has 1 heterocycles. The summed E-state index contributed by atoms with van der Waals surface area (Å²) in [5, 5.41) is 8.92. The smallest absolute Gasteiger partial charge is 0.253 e. The van der Waals surface area contributed by atoms with E-state index in [1.54, 1.807) is 18.2 Å². The topological polar surface area (TPSA) is 93.8 Å². The minimum Gasteiger partial charge on any atom is -0.352 e. The summed E-state index contributed by atoms with van der Waals surface area (Å²) in [4.78, 5) is 41.5. The van der Waals surface area contributed by atoms with E-state index in [-0.39, 0.29) is 36.3 Å². The highest BCUT2D eigenvalue weighted by molar-refractivity contribution is 6.04. The van der Waals surface area contributed by atoms with Gasteiger partial charge in [-0.15, -0.1) is 0 Å². The number of carbonyl (C=O) groups is 3.